The van der Waals surface area contributed by atoms with Gasteiger partial charge in [0, 0.05) is 17.2 Å². The SMILES string of the molecule is COc1cc(C=NNC(=O)COc2ccc([N+](=O)[O-])cc2)ccc1OC(=O)c1ccc(Cl)cc1Cl. The number of ether oxygens (including phenoxy) is 3. The smallest absolute Gasteiger partial charge is 0.345 e. The van der Waals surface area contributed by atoms with Crippen molar-refractivity contribution in [1.29, 1.82) is 0 Å². The third kappa shape index (κ3) is 7.16. The Morgan fingerprint density at radius 3 is 2.46 bits per heavy atom. The first kappa shape index (κ1) is 25.5. The number of benzene rings is 3. The van der Waals surface area contributed by atoms with E-state index in [4.69, 9.17) is 37.4 Å². The number of carbonyl (C=O) groups excluding carboxylic acids is 2. The van der Waals surface area contributed by atoms with Crippen LogP contribution in [0.25, 0.3) is 0 Å². The Bertz CT molecular complexity index is 1280. The van der Waals surface area contributed by atoms with Crippen molar-refractivity contribution >= 4 is 47.0 Å². The molecule has 12 heteroatoms. The van der Waals surface area contributed by atoms with Crippen molar-refractivity contribution < 1.29 is 28.7 Å². The van der Waals surface area contributed by atoms with E-state index in [2.05, 4.69) is 10.5 Å². The Morgan fingerprint density at radius 1 is 1.06 bits per heavy atom. The van der Waals surface area contributed by atoms with Gasteiger partial charge in [-0.1, -0.05) is 23.2 Å². The van der Waals surface area contributed by atoms with Crippen LogP contribution in [0.5, 0.6) is 17.2 Å². The second kappa shape index (κ2) is 11.8. The molecular formula is C23H17Cl2N3O7. The molecule has 0 aliphatic rings. The number of amides is 1. The summed E-state index contributed by atoms with van der Waals surface area (Å²) in [7, 11) is 1.40. The monoisotopic (exact) mass is 517 g/mol. The third-order valence-electron chi connectivity index (χ3n) is 4.36. The summed E-state index contributed by atoms with van der Waals surface area (Å²) in [5.74, 6) is -0.533. The fourth-order valence-electron chi connectivity index (χ4n) is 2.68. The Kier molecular flexibility index (Phi) is 8.60. The molecule has 0 unspecified atom stereocenters. The van der Waals surface area contributed by atoms with Crippen molar-refractivity contribution in [3.05, 3.63) is 92.0 Å². The number of carbonyl (C=O) groups is 2. The second-order valence-electron chi connectivity index (χ2n) is 6.76. The Morgan fingerprint density at radius 2 is 1.80 bits per heavy atom. The molecule has 3 aromatic rings. The Balaban J connectivity index is 1.56. The molecule has 1 N–H and O–H groups in total. The van der Waals surface area contributed by atoms with Gasteiger partial charge in [0.15, 0.2) is 18.1 Å². The minimum absolute atomic E-state index is 0.0867. The van der Waals surface area contributed by atoms with Crippen molar-refractivity contribution in [2.75, 3.05) is 13.7 Å². The van der Waals surface area contributed by atoms with Crippen molar-refractivity contribution in [3.8, 4) is 17.2 Å². The van der Waals surface area contributed by atoms with Gasteiger partial charge in [0.1, 0.15) is 5.75 Å². The molecule has 0 aliphatic carbocycles. The topological polar surface area (TPSA) is 129 Å². The van der Waals surface area contributed by atoms with E-state index in [1.54, 1.807) is 12.1 Å². The van der Waals surface area contributed by atoms with Gasteiger partial charge in [0.2, 0.25) is 0 Å². The van der Waals surface area contributed by atoms with Gasteiger partial charge in [-0.15, -0.1) is 0 Å². The average molecular weight is 518 g/mol. The number of rotatable bonds is 9. The van der Waals surface area contributed by atoms with Crippen LogP contribution >= 0.6 is 23.2 Å². The van der Waals surface area contributed by atoms with E-state index in [0.717, 1.165) is 0 Å². The van der Waals surface area contributed by atoms with Crippen LogP contribution in [0.1, 0.15) is 15.9 Å². The molecule has 0 saturated carbocycles. The summed E-state index contributed by atoms with van der Waals surface area (Å²) in [5.41, 5.74) is 2.89. The number of hydrogen-bond acceptors (Lipinski definition) is 8. The largest absolute Gasteiger partial charge is 0.493 e. The maximum Gasteiger partial charge on any atom is 0.345 e. The molecule has 0 fully saturated rings. The van der Waals surface area contributed by atoms with Crippen LogP contribution in [0, 0.1) is 10.1 Å². The first-order chi connectivity index (χ1) is 16.8. The van der Waals surface area contributed by atoms with Gasteiger partial charge in [0.05, 0.1) is 28.8 Å². The number of nitrogens with one attached hydrogen (secondary N) is 1. The average Bonchev–Trinajstić information content (AvgIpc) is 2.83. The zero-order valence-corrected chi connectivity index (χ0v) is 19.6. The molecular weight excluding hydrogens is 501 g/mol. The minimum Gasteiger partial charge on any atom is -0.493 e. The van der Waals surface area contributed by atoms with Crippen LogP contribution in [-0.4, -0.2) is 36.7 Å². The van der Waals surface area contributed by atoms with Crippen molar-refractivity contribution in [1.82, 2.24) is 5.43 Å². The van der Waals surface area contributed by atoms with E-state index in [0.29, 0.717) is 16.3 Å². The van der Waals surface area contributed by atoms with Crippen LogP contribution in [-0.2, 0) is 4.79 Å². The van der Waals surface area contributed by atoms with Gasteiger partial charge < -0.3 is 14.2 Å². The summed E-state index contributed by atoms with van der Waals surface area (Å²) < 4.78 is 15.9. The number of nitro benzene ring substituents is 1. The summed E-state index contributed by atoms with van der Waals surface area (Å²) in [6.07, 6.45) is 1.36. The maximum atomic E-state index is 12.4. The van der Waals surface area contributed by atoms with E-state index in [9.17, 15) is 19.7 Å². The highest BCUT2D eigenvalue weighted by Gasteiger charge is 2.16. The normalized spacial score (nSPS) is 10.6. The van der Waals surface area contributed by atoms with Crippen molar-refractivity contribution in [2.24, 2.45) is 5.10 Å². The number of halogens is 2. The Hall–Kier alpha value is -4.15. The minimum atomic E-state index is -0.688. The summed E-state index contributed by atoms with van der Waals surface area (Å²) in [6, 6.07) is 14.4. The molecule has 1 amide bonds. The molecule has 0 atom stereocenters. The lowest BCUT2D eigenvalue weighted by molar-refractivity contribution is -0.384. The van der Waals surface area contributed by atoms with Crippen LogP contribution < -0.4 is 19.6 Å². The summed E-state index contributed by atoms with van der Waals surface area (Å²) in [5, 5.41) is 15.0. The molecule has 180 valence electrons. The van der Waals surface area contributed by atoms with Gasteiger partial charge >= 0.3 is 5.97 Å². The maximum absolute atomic E-state index is 12.4. The van der Waals surface area contributed by atoms with Gasteiger partial charge in [-0.2, -0.15) is 5.10 Å². The number of esters is 1. The molecule has 0 aliphatic heterocycles. The molecule has 0 spiro atoms. The molecule has 35 heavy (non-hydrogen) atoms. The first-order valence-electron chi connectivity index (χ1n) is 9.81. The molecule has 0 heterocycles. The number of methoxy groups -OCH3 is 1. The molecule has 0 radical (unpaired) electrons. The second-order valence-corrected chi connectivity index (χ2v) is 7.60. The highest BCUT2D eigenvalue weighted by molar-refractivity contribution is 6.36. The third-order valence-corrected chi connectivity index (χ3v) is 4.91. The quantitative estimate of drug-likeness (QED) is 0.143. The molecule has 0 aromatic heterocycles. The summed E-state index contributed by atoms with van der Waals surface area (Å²) in [6.45, 7) is -0.347. The highest BCUT2D eigenvalue weighted by atomic mass is 35.5. The van der Waals surface area contributed by atoms with E-state index in [1.807, 2.05) is 0 Å². The van der Waals surface area contributed by atoms with Crippen LogP contribution in [0.3, 0.4) is 0 Å². The number of hydrogen-bond donors (Lipinski definition) is 1. The summed E-state index contributed by atoms with van der Waals surface area (Å²) in [4.78, 5) is 34.5. The molecule has 0 saturated heterocycles. The first-order valence-corrected chi connectivity index (χ1v) is 10.6. The summed E-state index contributed by atoms with van der Waals surface area (Å²) >= 11 is 11.9. The Labute approximate surface area is 209 Å². The number of nitrogens with zero attached hydrogens (tertiary/aromatic N) is 2. The fraction of sp³-hybridized carbons (Fsp3) is 0.0870. The molecule has 3 rings (SSSR count). The van der Waals surface area contributed by atoms with Gasteiger partial charge in [0.25, 0.3) is 11.6 Å². The van der Waals surface area contributed by atoms with Crippen LogP contribution in [0.2, 0.25) is 10.0 Å². The number of non-ortho nitro benzene ring substituents is 1. The van der Waals surface area contributed by atoms with E-state index >= 15 is 0 Å². The van der Waals surface area contributed by atoms with Crippen LogP contribution in [0.15, 0.2) is 65.8 Å². The lowest BCUT2D eigenvalue weighted by Crippen LogP contribution is -2.24. The van der Waals surface area contributed by atoms with Gasteiger partial charge in [-0.05, 0) is 54.1 Å². The lowest BCUT2D eigenvalue weighted by Gasteiger charge is -2.10. The zero-order valence-electron chi connectivity index (χ0n) is 18.1. The van der Waals surface area contributed by atoms with Crippen molar-refractivity contribution in [2.45, 2.75) is 0 Å². The standard InChI is InChI=1S/C23H17Cl2N3O7/c1-33-21-10-14(2-9-20(21)35-23(30)18-8-3-15(24)11-19(18)25)12-26-27-22(29)13-34-17-6-4-16(5-7-17)28(31)32/h2-12H,13H2,1H3,(H,27,29). The van der Waals surface area contributed by atoms with E-state index < -0.39 is 16.8 Å². The molecule has 0 bridgehead atoms. The predicted octanol–water partition coefficient (Wildman–Crippen LogP) is 4.66. The van der Waals surface area contributed by atoms with Gasteiger partial charge in [-0.25, -0.2) is 10.2 Å². The van der Waals surface area contributed by atoms with E-state index in [1.165, 1.54) is 61.9 Å². The zero-order chi connectivity index (χ0) is 25.4. The van der Waals surface area contributed by atoms with Crippen LogP contribution in [0.4, 0.5) is 5.69 Å². The number of nitro groups is 1. The fourth-order valence-corrected chi connectivity index (χ4v) is 3.17. The van der Waals surface area contributed by atoms with Gasteiger partial charge in [-0.3, -0.25) is 14.9 Å². The lowest BCUT2D eigenvalue weighted by atomic mass is 10.2. The highest BCUT2D eigenvalue weighted by Crippen LogP contribution is 2.30. The predicted molar refractivity (Wildman–Crippen MR) is 129 cm³/mol. The molecule has 3 aromatic carbocycles. The number of hydrazone groups is 1. The van der Waals surface area contributed by atoms with Crippen molar-refractivity contribution in [3.63, 3.8) is 0 Å². The molecule has 10 nitrogen and oxygen atoms in total. The van der Waals surface area contributed by atoms with E-state index in [-0.39, 0.29) is 34.4 Å².